The fraction of sp³-hybridized carbons (Fsp3) is 0.600. The van der Waals surface area contributed by atoms with Gasteiger partial charge in [0.1, 0.15) is 0 Å². The zero-order valence-corrected chi connectivity index (χ0v) is 11.4. The van der Waals surface area contributed by atoms with Crippen molar-refractivity contribution in [1.82, 2.24) is 15.5 Å². The van der Waals surface area contributed by atoms with Gasteiger partial charge >= 0.3 is 0 Å². The molecule has 2 aliphatic heterocycles. The third kappa shape index (κ3) is 4.77. The van der Waals surface area contributed by atoms with Gasteiger partial charge < -0.3 is 15.5 Å². The summed E-state index contributed by atoms with van der Waals surface area (Å²) in [4.78, 5) is 2.42. The van der Waals surface area contributed by atoms with Crippen molar-refractivity contribution in [3.05, 3.63) is 35.4 Å². The van der Waals surface area contributed by atoms with Crippen molar-refractivity contribution in [2.75, 3.05) is 33.2 Å². The molecule has 0 unspecified atom stereocenters. The predicted molar refractivity (Wildman–Crippen MR) is 76.6 cm³/mol. The molecule has 2 bridgehead atoms. The first-order chi connectivity index (χ1) is 8.84. The summed E-state index contributed by atoms with van der Waals surface area (Å²) < 4.78 is 0. The molecule has 0 aromatic heterocycles. The van der Waals surface area contributed by atoms with Crippen molar-refractivity contribution in [2.45, 2.75) is 25.9 Å². The normalized spacial score (nSPS) is 20.3. The average Bonchev–Trinajstić information content (AvgIpc) is 2.40. The lowest BCUT2D eigenvalue weighted by molar-refractivity contribution is 0.320. The van der Waals surface area contributed by atoms with E-state index in [-0.39, 0.29) is 0 Å². The molecule has 2 N–H and O–H groups in total. The Bertz CT molecular complexity index is 301. The molecule has 2 aliphatic rings. The molecule has 18 heavy (non-hydrogen) atoms. The second kappa shape index (κ2) is 7.52. The highest BCUT2D eigenvalue weighted by Gasteiger charge is 2.00. The summed E-state index contributed by atoms with van der Waals surface area (Å²) in [5.74, 6) is 0. The van der Waals surface area contributed by atoms with Crippen LogP contribution in [0.1, 0.15) is 24.0 Å². The highest BCUT2D eigenvalue weighted by atomic mass is 15.1. The fourth-order valence-corrected chi connectivity index (χ4v) is 2.30. The molecule has 0 aliphatic carbocycles. The Morgan fingerprint density at radius 2 is 1.28 bits per heavy atom. The predicted octanol–water partition coefficient (Wildman–Crippen LogP) is 1.59. The molecular weight excluding hydrogens is 222 g/mol. The first-order valence-corrected chi connectivity index (χ1v) is 7.02. The van der Waals surface area contributed by atoms with Gasteiger partial charge in [-0.2, -0.15) is 0 Å². The number of nitrogens with one attached hydrogen (secondary N) is 2. The number of benzene rings is 1. The Morgan fingerprint density at radius 1 is 0.833 bits per heavy atom. The van der Waals surface area contributed by atoms with Crippen LogP contribution in [0.3, 0.4) is 0 Å². The van der Waals surface area contributed by atoms with E-state index >= 15 is 0 Å². The topological polar surface area (TPSA) is 27.3 Å². The van der Waals surface area contributed by atoms with E-state index in [1.165, 1.54) is 37.1 Å². The molecule has 0 fully saturated rings. The molecule has 100 valence electrons. The van der Waals surface area contributed by atoms with Gasteiger partial charge in [-0.25, -0.2) is 0 Å². The Labute approximate surface area is 111 Å². The quantitative estimate of drug-likeness (QED) is 0.729. The summed E-state index contributed by atoms with van der Waals surface area (Å²) in [6.07, 6.45) is 2.45. The maximum atomic E-state index is 3.51. The van der Waals surface area contributed by atoms with Crippen LogP contribution in [0.5, 0.6) is 0 Å². The minimum Gasteiger partial charge on any atom is -0.313 e. The molecule has 2 heterocycles. The first-order valence-electron chi connectivity index (χ1n) is 7.02. The number of fused-ring (bicyclic) bond motifs is 12. The van der Waals surface area contributed by atoms with Gasteiger partial charge in [0.05, 0.1) is 0 Å². The summed E-state index contributed by atoms with van der Waals surface area (Å²) in [6.45, 7) is 6.54. The van der Waals surface area contributed by atoms with E-state index in [2.05, 4.69) is 46.8 Å². The van der Waals surface area contributed by atoms with E-state index < -0.39 is 0 Å². The van der Waals surface area contributed by atoms with Crippen LogP contribution < -0.4 is 10.6 Å². The van der Waals surface area contributed by atoms with Gasteiger partial charge in [-0.3, -0.25) is 0 Å². The van der Waals surface area contributed by atoms with E-state index in [0.717, 1.165) is 26.2 Å². The van der Waals surface area contributed by atoms with Crippen molar-refractivity contribution < 1.29 is 0 Å². The number of nitrogens with zero attached hydrogens (tertiary/aromatic N) is 1. The molecule has 3 nitrogen and oxygen atoms in total. The van der Waals surface area contributed by atoms with E-state index in [1.54, 1.807) is 0 Å². The number of rotatable bonds is 0. The van der Waals surface area contributed by atoms with E-state index in [1.807, 2.05) is 0 Å². The molecule has 0 amide bonds. The molecule has 3 heteroatoms. The summed E-state index contributed by atoms with van der Waals surface area (Å²) >= 11 is 0. The lowest BCUT2D eigenvalue weighted by Crippen LogP contribution is -2.26. The minimum absolute atomic E-state index is 0.984. The Kier molecular flexibility index (Phi) is 5.65. The van der Waals surface area contributed by atoms with Crippen LogP contribution in [0, 0.1) is 0 Å². The van der Waals surface area contributed by atoms with Gasteiger partial charge in [-0.1, -0.05) is 24.3 Å². The molecular formula is C15H25N3. The van der Waals surface area contributed by atoms with Gasteiger partial charge in [-0.05, 0) is 57.2 Å². The van der Waals surface area contributed by atoms with Gasteiger partial charge in [0.2, 0.25) is 0 Å². The number of hydrogen-bond donors (Lipinski definition) is 2. The maximum absolute atomic E-state index is 3.51. The van der Waals surface area contributed by atoms with Crippen molar-refractivity contribution >= 4 is 0 Å². The molecule has 0 saturated carbocycles. The largest absolute Gasteiger partial charge is 0.313 e. The van der Waals surface area contributed by atoms with Crippen molar-refractivity contribution in [1.29, 1.82) is 0 Å². The van der Waals surface area contributed by atoms with Crippen LogP contribution >= 0.6 is 0 Å². The highest BCUT2D eigenvalue weighted by molar-refractivity contribution is 5.22. The molecule has 1 aromatic rings. The van der Waals surface area contributed by atoms with Gasteiger partial charge in [0.25, 0.3) is 0 Å². The monoisotopic (exact) mass is 247 g/mol. The smallest absolute Gasteiger partial charge is 0.0205 e. The molecule has 1 aromatic carbocycles. The van der Waals surface area contributed by atoms with E-state index in [9.17, 15) is 0 Å². The Hall–Kier alpha value is -0.900. The zero-order chi connectivity index (χ0) is 12.6. The first kappa shape index (κ1) is 13.5. The lowest BCUT2D eigenvalue weighted by Gasteiger charge is -2.16. The summed E-state index contributed by atoms with van der Waals surface area (Å²) in [5.41, 5.74) is 2.75. The van der Waals surface area contributed by atoms with Crippen LogP contribution in [-0.4, -0.2) is 38.1 Å². The Morgan fingerprint density at radius 3 is 1.72 bits per heavy atom. The van der Waals surface area contributed by atoms with Gasteiger partial charge in [0, 0.05) is 13.1 Å². The molecule has 0 saturated heterocycles. The third-order valence-electron chi connectivity index (χ3n) is 3.47. The molecule has 0 radical (unpaired) electrons. The summed E-state index contributed by atoms with van der Waals surface area (Å²) in [5, 5.41) is 7.02. The second-order valence-corrected chi connectivity index (χ2v) is 5.18. The maximum Gasteiger partial charge on any atom is 0.0205 e. The SMILES string of the molecule is CN1CCCNCc2ccc(cc2)CNCCC1. The van der Waals surface area contributed by atoms with Crippen LogP contribution in [0.2, 0.25) is 0 Å². The van der Waals surface area contributed by atoms with Crippen molar-refractivity contribution in [2.24, 2.45) is 0 Å². The van der Waals surface area contributed by atoms with Crippen LogP contribution in [0.4, 0.5) is 0 Å². The van der Waals surface area contributed by atoms with Gasteiger partial charge in [0.15, 0.2) is 0 Å². The third-order valence-corrected chi connectivity index (χ3v) is 3.47. The van der Waals surface area contributed by atoms with Crippen LogP contribution in [0.25, 0.3) is 0 Å². The van der Waals surface area contributed by atoms with Crippen molar-refractivity contribution in [3.63, 3.8) is 0 Å². The Balaban J connectivity index is 1.89. The second-order valence-electron chi connectivity index (χ2n) is 5.18. The van der Waals surface area contributed by atoms with E-state index in [0.29, 0.717) is 0 Å². The average molecular weight is 247 g/mol. The van der Waals surface area contributed by atoms with Crippen molar-refractivity contribution in [3.8, 4) is 0 Å². The zero-order valence-electron chi connectivity index (χ0n) is 11.4. The molecule has 0 atom stereocenters. The molecule has 3 rings (SSSR count). The minimum atomic E-state index is 0.984. The summed E-state index contributed by atoms with van der Waals surface area (Å²) in [7, 11) is 2.22. The lowest BCUT2D eigenvalue weighted by atomic mass is 10.1. The van der Waals surface area contributed by atoms with E-state index in [4.69, 9.17) is 0 Å². The fourth-order valence-electron chi connectivity index (χ4n) is 2.30. The van der Waals surface area contributed by atoms with Gasteiger partial charge in [-0.15, -0.1) is 0 Å². The summed E-state index contributed by atoms with van der Waals surface area (Å²) in [6, 6.07) is 8.93. The highest BCUT2D eigenvalue weighted by Crippen LogP contribution is 2.04. The van der Waals surface area contributed by atoms with Crippen LogP contribution in [0.15, 0.2) is 24.3 Å². The number of hydrogen-bond acceptors (Lipinski definition) is 3. The standard InChI is InChI=1S/C15H25N3/c1-18-10-2-8-16-12-14-4-6-15(7-5-14)13-17-9-3-11-18/h4-7,16-17H,2-3,8-13H2,1H3. The van der Waals surface area contributed by atoms with Crippen LogP contribution in [-0.2, 0) is 13.1 Å². The molecule has 0 spiro atoms.